The van der Waals surface area contributed by atoms with Gasteiger partial charge in [-0.3, -0.25) is 0 Å². The van der Waals surface area contributed by atoms with Crippen LogP contribution in [0.25, 0.3) is 0 Å². The molecule has 0 saturated carbocycles. The molecule has 108 valence electrons. The summed E-state index contributed by atoms with van der Waals surface area (Å²) in [5.74, 6) is -0.278. The molecule has 0 amide bonds. The Morgan fingerprint density at radius 3 is 2.42 bits per heavy atom. The fraction of sp³-hybridized carbons (Fsp3) is 0.571. The molecule has 1 unspecified atom stereocenters. The molecule has 0 bridgehead atoms. The number of rotatable bonds is 7. The second kappa shape index (κ2) is 6.84. The normalized spacial score (nSPS) is 14.5. The third-order valence-corrected chi connectivity index (χ3v) is 2.97. The van der Waals surface area contributed by atoms with Crippen LogP contribution >= 0.6 is 0 Å². The van der Waals surface area contributed by atoms with Gasteiger partial charge in [0.2, 0.25) is 0 Å². The number of aliphatic hydroxyl groups is 1. The zero-order valence-corrected chi connectivity index (χ0v) is 11.8. The molecule has 0 spiro atoms. The molecule has 1 atom stereocenters. The van der Waals surface area contributed by atoms with Crippen molar-refractivity contribution in [3.05, 3.63) is 29.6 Å². The molecule has 1 N–H and O–H groups in total. The van der Waals surface area contributed by atoms with Crippen LogP contribution in [0, 0.1) is 5.82 Å². The highest BCUT2D eigenvalue weighted by molar-refractivity contribution is 5.31. The summed E-state index contributed by atoms with van der Waals surface area (Å²) in [5, 5.41) is 10.3. The number of methoxy groups -OCH3 is 3. The van der Waals surface area contributed by atoms with Gasteiger partial charge in [0, 0.05) is 27.1 Å². The van der Waals surface area contributed by atoms with Crippen molar-refractivity contribution in [2.75, 3.05) is 21.3 Å². The van der Waals surface area contributed by atoms with Crippen molar-refractivity contribution in [1.29, 1.82) is 0 Å². The van der Waals surface area contributed by atoms with Gasteiger partial charge in [0.15, 0.2) is 17.9 Å². The van der Waals surface area contributed by atoms with E-state index < -0.39 is 17.7 Å². The van der Waals surface area contributed by atoms with Crippen LogP contribution in [0.5, 0.6) is 5.75 Å². The van der Waals surface area contributed by atoms with E-state index in [4.69, 9.17) is 14.2 Å². The summed E-state index contributed by atoms with van der Waals surface area (Å²) in [6.07, 6.45) is -0.126. The van der Waals surface area contributed by atoms with E-state index in [0.29, 0.717) is 5.56 Å². The summed E-state index contributed by atoms with van der Waals surface area (Å²) in [7, 11) is 4.40. The minimum atomic E-state index is -1.14. The first kappa shape index (κ1) is 15.9. The molecular weight excluding hydrogens is 251 g/mol. The summed E-state index contributed by atoms with van der Waals surface area (Å²) in [6, 6.07) is 4.86. The Labute approximate surface area is 113 Å². The van der Waals surface area contributed by atoms with Crippen LogP contribution in [0.4, 0.5) is 4.39 Å². The number of hydrogen-bond acceptors (Lipinski definition) is 4. The Bertz CT molecular complexity index is 402. The van der Waals surface area contributed by atoms with Gasteiger partial charge in [-0.25, -0.2) is 4.39 Å². The lowest BCUT2D eigenvalue weighted by molar-refractivity contribution is -0.139. The molecule has 5 heteroatoms. The van der Waals surface area contributed by atoms with Crippen LogP contribution in [-0.4, -0.2) is 38.3 Å². The van der Waals surface area contributed by atoms with Gasteiger partial charge >= 0.3 is 0 Å². The first-order valence-electron chi connectivity index (χ1n) is 6.03. The number of ether oxygens (including phenoxy) is 3. The van der Waals surface area contributed by atoms with Crippen molar-refractivity contribution in [3.8, 4) is 5.75 Å². The molecule has 0 heterocycles. The van der Waals surface area contributed by atoms with Crippen LogP contribution in [0.2, 0.25) is 0 Å². The molecule has 0 aromatic heterocycles. The molecule has 19 heavy (non-hydrogen) atoms. The highest BCUT2D eigenvalue weighted by Crippen LogP contribution is 2.26. The van der Waals surface area contributed by atoms with Crippen LogP contribution in [0.1, 0.15) is 18.9 Å². The molecule has 4 nitrogen and oxygen atoms in total. The minimum absolute atomic E-state index is 0.152. The van der Waals surface area contributed by atoms with E-state index in [0.717, 1.165) is 0 Å². The van der Waals surface area contributed by atoms with Gasteiger partial charge in [0.1, 0.15) is 0 Å². The van der Waals surface area contributed by atoms with Crippen molar-refractivity contribution in [2.24, 2.45) is 0 Å². The Kier molecular flexibility index (Phi) is 5.72. The molecule has 1 rings (SSSR count). The molecule has 0 fully saturated rings. The largest absolute Gasteiger partial charge is 0.494 e. The third kappa shape index (κ3) is 4.45. The van der Waals surface area contributed by atoms with Gasteiger partial charge in [-0.05, 0) is 18.6 Å². The molecule has 0 radical (unpaired) electrons. The van der Waals surface area contributed by atoms with Crippen LogP contribution < -0.4 is 4.74 Å². The lowest BCUT2D eigenvalue weighted by Crippen LogP contribution is -2.34. The van der Waals surface area contributed by atoms with E-state index >= 15 is 0 Å². The van der Waals surface area contributed by atoms with E-state index in [1.165, 1.54) is 21.3 Å². The van der Waals surface area contributed by atoms with Gasteiger partial charge in [-0.2, -0.15) is 0 Å². The molecule has 0 aliphatic carbocycles. The maximum absolute atomic E-state index is 14.0. The first-order valence-corrected chi connectivity index (χ1v) is 6.03. The summed E-state index contributed by atoms with van der Waals surface area (Å²) >= 11 is 0. The molecule has 1 aromatic rings. The zero-order chi connectivity index (χ0) is 14.5. The second-order valence-electron chi connectivity index (χ2n) is 4.71. The van der Waals surface area contributed by atoms with Gasteiger partial charge in [0.05, 0.1) is 12.7 Å². The molecule has 1 aromatic carbocycles. The molecular formula is C14H21FO4. The topological polar surface area (TPSA) is 47.9 Å². The Hall–Kier alpha value is -1.17. The van der Waals surface area contributed by atoms with Gasteiger partial charge in [0.25, 0.3) is 0 Å². The van der Waals surface area contributed by atoms with Gasteiger partial charge in [-0.1, -0.05) is 12.1 Å². The Morgan fingerprint density at radius 2 is 1.89 bits per heavy atom. The quantitative estimate of drug-likeness (QED) is 0.773. The predicted molar refractivity (Wildman–Crippen MR) is 69.7 cm³/mol. The molecule has 0 aliphatic heterocycles. The van der Waals surface area contributed by atoms with Crippen molar-refractivity contribution in [2.45, 2.75) is 31.7 Å². The predicted octanol–water partition coefficient (Wildman–Crippen LogP) is 2.14. The number of halogens is 1. The van der Waals surface area contributed by atoms with Crippen molar-refractivity contribution in [3.63, 3.8) is 0 Å². The van der Waals surface area contributed by atoms with E-state index in [9.17, 15) is 9.50 Å². The van der Waals surface area contributed by atoms with E-state index in [-0.39, 0.29) is 18.6 Å². The van der Waals surface area contributed by atoms with Crippen LogP contribution in [0.15, 0.2) is 18.2 Å². The minimum Gasteiger partial charge on any atom is -0.494 e. The summed E-state index contributed by atoms with van der Waals surface area (Å²) in [6.45, 7) is 1.62. The van der Waals surface area contributed by atoms with E-state index in [1.807, 2.05) is 0 Å². The fourth-order valence-corrected chi connectivity index (χ4v) is 1.95. The fourth-order valence-electron chi connectivity index (χ4n) is 1.95. The average Bonchev–Trinajstić information content (AvgIpc) is 2.38. The number of hydrogen-bond donors (Lipinski definition) is 1. The Balaban J connectivity index is 2.83. The monoisotopic (exact) mass is 272 g/mol. The maximum atomic E-state index is 14.0. The average molecular weight is 272 g/mol. The maximum Gasteiger partial charge on any atom is 0.168 e. The first-order chi connectivity index (χ1) is 8.93. The van der Waals surface area contributed by atoms with Crippen LogP contribution in [0.3, 0.4) is 0 Å². The lowest BCUT2D eigenvalue weighted by Gasteiger charge is -2.27. The van der Waals surface area contributed by atoms with Crippen molar-refractivity contribution in [1.82, 2.24) is 0 Å². The highest BCUT2D eigenvalue weighted by Gasteiger charge is 2.27. The summed E-state index contributed by atoms with van der Waals surface area (Å²) < 4.78 is 29.0. The number of benzene rings is 1. The standard InChI is InChI=1S/C14H21FO4/c1-14(16,9-12(18-3)19-4)8-10-6-5-7-11(17-2)13(10)15/h5-7,12,16H,8-9H2,1-4H3. The zero-order valence-electron chi connectivity index (χ0n) is 11.8. The highest BCUT2D eigenvalue weighted by atomic mass is 19.1. The van der Waals surface area contributed by atoms with E-state index in [2.05, 4.69) is 0 Å². The Morgan fingerprint density at radius 1 is 1.26 bits per heavy atom. The smallest absolute Gasteiger partial charge is 0.168 e. The van der Waals surface area contributed by atoms with E-state index in [1.54, 1.807) is 25.1 Å². The van der Waals surface area contributed by atoms with Crippen molar-refractivity contribution >= 4 is 0 Å². The third-order valence-electron chi connectivity index (χ3n) is 2.97. The second-order valence-corrected chi connectivity index (χ2v) is 4.71. The van der Waals surface area contributed by atoms with Gasteiger partial charge in [-0.15, -0.1) is 0 Å². The molecule has 0 aliphatic rings. The van der Waals surface area contributed by atoms with Crippen LogP contribution in [-0.2, 0) is 15.9 Å². The summed E-state index contributed by atoms with van der Waals surface area (Å²) in [4.78, 5) is 0. The van der Waals surface area contributed by atoms with Crippen molar-refractivity contribution < 1.29 is 23.7 Å². The molecule has 0 saturated heterocycles. The van der Waals surface area contributed by atoms with Gasteiger partial charge < -0.3 is 19.3 Å². The summed E-state index contributed by atoms with van der Waals surface area (Å²) in [5.41, 5.74) is -0.737. The lowest BCUT2D eigenvalue weighted by atomic mass is 9.92. The SMILES string of the molecule is COc1cccc(CC(C)(O)CC(OC)OC)c1F.